The molecule has 0 atom stereocenters. The molecule has 1 amide bonds. The summed E-state index contributed by atoms with van der Waals surface area (Å²) in [6.07, 6.45) is 1.38. The molecule has 0 aromatic carbocycles. The Morgan fingerprint density at radius 3 is 2.53 bits per heavy atom. The summed E-state index contributed by atoms with van der Waals surface area (Å²) in [7, 11) is 0. The van der Waals surface area contributed by atoms with Gasteiger partial charge in [-0.05, 0) is 27.7 Å². The highest BCUT2D eigenvalue weighted by Gasteiger charge is 2.36. The smallest absolute Gasteiger partial charge is 0.242 e. The van der Waals surface area contributed by atoms with Crippen LogP contribution in [-0.2, 0) is 11.3 Å². The molecule has 0 unspecified atom stereocenters. The van der Waals surface area contributed by atoms with Crippen molar-refractivity contribution in [1.29, 1.82) is 0 Å². The Morgan fingerprint density at radius 1 is 1.53 bits per heavy atom. The lowest BCUT2D eigenvalue weighted by molar-refractivity contribution is -0.126. The molecule has 0 aliphatic carbocycles. The highest BCUT2D eigenvalue weighted by Crippen LogP contribution is 2.20. The number of amides is 1. The lowest BCUT2D eigenvalue weighted by atomic mass is 9.86. The molecule has 0 spiro atoms. The van der Waals surface area contributed by atoms with Crippen molar-refractivity contribution >= 4 is 11.9 Å². The fourth-order valence-electron chi connectivity index (χ4n) is 1.07. The quantitative estimate of drug-likeness (QED) is 0.660. The van der Waals surface area contributed by atoms with Crippen LogP contribution in [0.1, 0.15) is 27.7 Å². The molecule has 0 saturated heterocycles. The van der Waals surface area contributed by atoms with E-state index < -0.39 is 11.1 Å². The summed E-state index contributed by atoms with van der Waals surface area (Å²) < 4.78 is 1.34. The number of nitrogens with zero attached hydrogens (tertiary/aromatic N) is 3. The molecule has 1 aromatic rings. The van der Waals surface area contributed by atoms with Crippen LogP contribution in [0.4, 0.5) is 5.95 Å². The van der Waals surface area contributed by atoms with E-state index in [1.165, 1.54) is 11.0 Å². The zero-order valence-corrected chi connectivity index (χ0v) is 10.6. The Hall–Kier alpha value is -1.63. The monoisotopic (exact) mass is 241 g/mol. The molecule has 0 radical (unpaired) electrons. The molecule has 0 saturated carbocycles. The summed E-state index contributed by atoms with van der Waals surface area (Å²) >= 11 is 0. The van der Waals surface area contributed by atoms with Gasteiger partial charge in [-0.2, -0.15) is 0 Å². The van der Waals surface area contributed by atoms with E-state index in [2.05, 4.69) is 15.4 Å². The van der Waals surface area contributed by atoms with Crippen LogP contribution in [0.5, 0.6) is 0 Å². The van der Waals surface area contributed by atoms with E-state index in [9.17, 15) is 9.90 Å². The van der Waals surface area contributed by atoms with Crippen molar-refractivity contribution in [3.8, 4) is 0 Å². The van der Waals surface area contributed by atoms with E-state index in [-0.39, 0.29) is 18.4 Å². The minimum absolute atomic E-state index is 0.0176. The van der Waals surface area contributed by atoms with Crippen molar-refractivity contribution in [3.63, 3.8) is 0 Å². The minimum atomic E-state index is -1.02. The maximum Gasteiger partial charge on any atom is 0.242 e. The first-order chi connectivity index (χ1) is 7.62. The van der Waals surface area contributed by atoms with Gasteiger partial charge in [0.15, 0.2) is 0 Å². The second kappa shape index (κ2) is 4.33. The topological polar surface area (TPSA) is 106 Å². The molecule has 1 aromatic heterocycles. The van der Waals surface area contributed by atoms with E-state index in [1.807, 2.05) is 0 Å². The van der Waals surface area contributed by atoms with E-state index in [1.54, 1.807) is 27.7 Å². The Morgan fingerprint density at radius 2 is 2.12 bits per heavy atom. The Bertz CT molecular complexity index is 405. The van der Waals surface area contributed by atoms with Gasteiger partial charge in [0.1, 0.15) is 12.9 Å². The van der Waals surface area contributed by atoms with Gasteiger partial charge in [0.25, 0.3) is 0 Å². The number of nitrogen functional groups attached to an aromatic ring is 1. The van der Waals surface area contributed by atoms with Crippen LogP contribution in [0.3, 0.4) is 0 Å². The predicted molar refractivity (Wildman–Crippen MR) is 63.0 cm³/mol. The summed E-state index contributed by atoms with van der Waals surface area (Å²) in [4.78, 5) is 15.4. The molecule has 1 rings (SSSR count). The van der Waals surface area contributed by atoms with Crippen LogP contribution in [0.25, 0.3) is 0 Å². The molecule has 17 heavy (non-hydrogen) atoms. The first-order valence-corrected chi connectivity index (χ1v) is 5.30. The van der Waals surface area contributed by atoms with E-state index in [4.69, 9.17) is 5.73 Å². The van der Waals surface area contributed by atoms with Crippen molar-refractivity contribution in [3.05, 3.63) is 6.33 Å². The Labute approximate surface area is 100 Å². The lowest BCUT2D eigenvalue weighted by Gasteiger charge is -2.37. The van der Waals surface area contributed by atoms with E-state index >= 15 is 0 Å². The number of anilines is 1. The third kappa shape index (κ3) is 3.42. The summed E-state index contributed by atoms with van der Waals surface area (Å²) in [6.45, 7) is 6.80. The fourth-order valence-corrected chi connectivity index (χ4v) is 1.07. The van der Waals surface area contributed by atoms with Crippen molar-refractivity contribution in [2.75, 3.05) is 5.73 Å². The van der Waals surface area contributed by atoms with Gasteiger partial charge in [-0.3, -0.25) is 4.79 Å². The number of hydrogen-bond acceptors (Lipinski definition) is 5. The Kier molecular flexibility index (Phi) is 3.42. The van der Waals surface area contributed by atoms with E-state index in [0.29, 0.717) is 0 Å². The first-order valence-electron chi connectivity index (χ1n) is 5.30. The van der Waals surface area contributed by atoms with Crippen molar-refractivity contribution in [2.45, 2.75) is 45.4 Å². The first kappa shape index (κ1) is 13.4. The van der Waals surface area contributed by atoms with Crippen LogP contribution in [0, 0.1) is 0 Å². The van der Waals surface area contributed by atoms with Crippen LogP contribution in [0.2, 0.25) is 0 Å². The third-order valence-electron chi connectivity index (χ3n) is 2.84. The Balaban J connectivity index is 2.62. The van der Waals surface area contributed by atoms with Crippen molar-refractivity contribution < 1.29 is 9.90 Å². The number of aromatic nitrogens is 3. The van der Waals surface area contributed by atoms with Gasteiger partial charge >= 0.3 is 0 Å². The molecule has 1 heterocycles. The molecule has 0 aliphatic heterocycles. The van der Waals surface area contributed by atoms with Crippen LogP contribution in [-0.4, -0.2) is 36.9 Å². The van der Waals surface area contributed by atoms with E-state index in [0.717, 1.165) is 0 Å². The van der Waals surface area contributed by atoms with Crippen molar-refractivity contribution in [2.24, 2.45) is 0 Å². The maximum atomic E-state index is 11.7. The number of hydrogen-bond donors (Lipinski definition) is 3. The number of nitrogens with one attached hydrogen (secondary N) is 1. The zero-order chi connectivity index (χ0) is 13.3. The fraction of sp³-hybridized carbons (Fsp3) is 0.700. The molecular weight excluding hydrogens is 222 g/mol. The van der Waals surface area contributed by atoms with Gasteiger partial charge in [0.2, 0.25) is 11.9 Å². The third-order valence-corrected chi connectivity index (χ3v) is 2.84. The maximum absolute atomic E-state index is 11.7. The molecule has 0 fully saturated rings. The lowest BCUT2D eigenvalue weighted by Crippen LogP contribution is -2.58. The molecule has 4 N–H and O–H groups in total. The molecule has 0 aliphatic rings. The number of aliphatic hydroxyl groups is 1. The van der Waals surface area contributed by atoms with Gasteiger partial charge in [-0.15, -0.1) is 5.10 Å². The van der Waals surface area contributed by atoms with Crippen LogP contribution in [0.15, 0.2) is 6.33 Å². The highest BCUT2D eigenvalue weighted by molar-refractivity contribution is 5.76. The average molecular weight is 241 g/mol. The molecule has 0 bridgehead atoms. The van der Waals surface area contributed by atoms with Crippen LogP contribution < -0.4 is 11.1 Å². The van der Waals surface area contributed by atoms with Gasteiger partial charge in [0, 0.05) is 0 Å². The van der Waals surface area contributed by atoms with Gasteiger partial charge in [-0.1, -0.05) is 0 Å². The normalized spacial score (nSPS) is 12.5. The largest absolute Gasteiger partial charge is 0.388 e. The second-order valence-corrected chi connectivity index (χ2v) is 5.03. The summed E-state index contributed by atoms with van der Waals surface area (Å²) in [5.74, 6) is -0.137. The van der Waals surface area contributed by atoms with Gasteiger partial charge in [-0.25, -0.2) is 9.67 Å². The molecular formula is C10H19N5O2. The molecule has 96 valence electrons. The second-order valence-electron chi connectivity index (χ2n) is 5.03. The van der Waals surface area contributed by atoms with Gasteiger partial charge in [0.05, 0.1) is 11.1 Å². The van der Waals surface area contributed by atoms with Gasteiger partial charge < -0.3 is 16.2 Å². The average Bonchev–Trinajstić information content (AvgIpc) is 2.47. The van der Waals surface area contributed by atoms with Crippen molar-refractivity contribution in [1.82, 2.24) is 20.1 Å². The predicted octanol–water partition coefficient (Wildman–Crippen LogP) is -0.474. The zero-order valence-electron chi connectivity index (χ0n) is 10.6. The standard InChI is InChI=1S/C10H19N5O2/c1-9(2,10(3,4)17)13-7(16)5-15-6-12-8(11)14-15/h6,17H,5H2,1-4H3,(H2,11,14)(H,13,16). The summed E-state index contributed by atoms with van der Waals surface area (Å²) in [5.41, 5.74) is 3.57. The summed E-state index contributed by atoms with van der Waals surface area (Å²) in [5, 5.41) is 16.4. The summed E-state index contributed by atoms with van der Waals surface area (Å²) in [6, 6.07) is 0. The highest BCUT2D eigenvalue weighted by atomic mass is 16.3. The number of rotatable bonds is 4. The molecule has 7 heteroatoms. The number of carbonyl (C=O) groups is 1. The molecule has 7 nitrogen and oxygen atoms in total. The van der Waals surface area contributed by atoms with Crippen LogP contribution >= 0.6 is 0 Å². The minimum Gasteiger partial charge on any atom is -0.388 e. The number of nitrogens with two attached hydrogens (primary N) is 1. The SMILES string of the molecule is CC(C)(O)C(C)(C)NC(=O)Cn1cnc(N)n1. The number of carbonyl (C=O) groups excluding carboxylic acids is 1.